The summed E-state index contributed by atoms with van der Waals surface area (Å²) in [6.45, 7) is 2.25. The molecule has 1 fully saturated rings. The summed E-state index contributed by atoms with van der Waals surface area (Å²) in [5, 5.41) is 3.54. The maximum atomic E-state index is 12.7. The molecule has 1 aromatic rings. The van der Waals surface area contributed by atoms with Crippen molar-refractivity contribution in [2.75, 3.05) is 14.2 Å². The van der Waals surface area contributed by atoms with Crippen molar-refractivity contribution in [3.8, 4) is 5.75 Å². The maximum Gasteiger partial charge on any atom is 0.118 e. The summed E-state index contributed by atoms with van der Waals surface area (Å²) < 4.78 is 17.9. The Balaban J connectivity index is 2.15. The van der Waals surface area contributed by atoms with Gasteiger partial charge in [-0.3, -0.25) is 4.21 Å². The average molecular weight is 281 g/mol. The molecule has 106 valence electrons. The first kappa shape index (κ1) is 14.5. The van der Waals surface area contributed by atoms with Gasteiger partial charge in [-0.05, 0) is 56.5 Å². The van der Waals surface area contributed by atoms with Crippen LogP contribution >= 0.6 is 0 Å². The lowest BCUT2D eigenvalue weighted by Gasteiger charge is -2.34. The van der Waals surface area contributed by atoms with Crippen LogP contribution in [0.25, 0.3) is 0 Å². The Morgan fingerprint density at radius 1 is 1.26 bits per heavy atom. The average Bonchev–Trinajstić information content (AvgIpc) is 2.46. The van der Waals surface area contributed by atoms with Crippen LogP contribution < -0.4 is 10.1 Å². The third-order valence-electron chi connectivity index (χ3n) is 3.99. The van der Waals surface area contributed by atoms with Crippen LogP contribution in [0.1, 0.15) is 26.2 Å². The van der Waals surface area contributed by atoms with Crippen LogP contribution in [-0.2, 0) is 10.8 Å². The molecule has 1 aromatic carbocycles. The first-order chi connectivity index (χ1) is 9.15. The molecule has 1 aliphatic rings. The number of ether oxygens (including phenoxy) is 1. The minimum atomic E-state index is -0.949. The Morgan fingerprint density at radius 3 is 2.53 bits per heavy atom. The Kier molecular flexibility index (Phi) is 4.99. The second-order valence-corrected chi connectivity index (χ2v) is 7.00. The fourth-order valence-electron chi connectivity index (χ4n) is 2.78. The van der Waals surface area contributed by atoms with E-state index in [1.807, 2.05) is 31.3 Å². The smallest absolute Gasteiger partial charge is 0.118 e. The molecule has 0 radical (unpaired) electrons. The summed E-state index contributed by atoms with van der Waals surface area (Å²) in [7, 11) is 2.67. The molecular weight excluding hydrogens is 258 g/mol. The van der Waals surface area contributed by atoms with Crippen LogP contribution in [0.2, 0.25) is 0 Å². The summed E-state index contributed by atoms with van der Waals surface area (Å²) in [5.41, 5.74) is 0. The summed E-state index contributed by atoms with van der Waals surface area (Å²) in [6, 6.07) is 7.96. The number of rotatable bonds is 4. The lowest BCUT2D eigenvalue weighted by atomic mass is 9.87. The number of benzene rings is 1. The lowest BCUT2D eigenvalue weighted by molar-refractivity contribution is 0.325. The van der Waals surface area contributed by atoms with E-state index in [2.05, 4.69) is 12.2 Å². The summed E-state index contributed by atoms with van der Waals surface area (Å²) >= 11 is 0. The van der Waals surface area contributed by atoms with Gasteiger partial charge in [0.05, 0.1) is 23.2 Å². The first-order valence-corrected chi connectivity index (χ1v) is 8.09. The summed E-state index contributed by atoms with van der Waals surface area (Å²) in [6.07, 6.45) is 3.37. The fourth-order valence-corrected chi connectivity index (χ4v) is 4.61. The highest BCUT2D eigenvalue weighted by Crippen LogP contribution is 2.30. The van der Waals surface area contributed by atoms with Gasteiger partial charge >= 0.3 is 0 Å². The van der Waals surface area contributed by atoms with Gasteiger partial charge in [0.25, 0.3) is 0 Å². The molecule has 1 saturated carbocycles. The molecule has 4 heteroatoms. The highest BCUT2D eigenvalue weighted by atomic mass is 32.2. The molecule has 0 aliphatic heterocycles. The monoisotopic (exact) mass is 281 g/mol. The van der Waals surface area contributed by atoms with Gasteiger partial charge in [0.2, 0.25) is 0 Å². The zero-order valence-corrected chi connectivity index (χ0v) is 12.7. The predicted octanol–water partition coefficient (Wildman–Crippen LogP) is 2.58. The topological polar surface area (TPSA) is 38.3 Å². The zero-order valence-electron chi connectivity index (χ0n) is 11.9. The Bertz CT molecular complexity index is 432. The van der Waals surface area contributed by atoms with Crippen LogP contribution in [0.4, 0.5) is 0 Å². The standard InChI is InChI=1S/C15H23NO2S/c1-11-4-9-14(16-2)15(10-11)19(17)13-7-5-12(18-3)6-8-13/h5-8,11,14-16H,4,9-10H2,1-3H3. The van der Waals surface area contributed by atoms with Crippen LogP contribution in [0.3, 0.4) is 0 Å². The van der Waals surface area contributed by atoms with E-state index in [1.54, 1.807) is 7.11 Å². The van der Waals surface area contributed by atoms with E-state index in [-0.39, 0.29) is 5.25 Å². The largest absolute Gasteiger partial charge is 0.497 e. The molecule has 3 nitrogen and oxygen atoms in total. The maximum absolute atomic E-state index is 12.7. The molecule has 0 amide bonds. The van der Waals surface area contributed by atoms with Crippen LogP contribution in [0.5, 0.6) is 5.75 Å². The number of nitrogens with one attached hydrogen (secondary N) is 1. The normalized spacial score (nSPS) is 28.9. The molecule has 2 rings (SSSR count). The van der Waals surface area contributed by atoms with Gasteiger partial charge in [-0.25, -0.2) is 0 Å². The Hall–Kier alpha value is -0.870. The highest BCUT2D eigenvalue weighted by molar-refractivity contribution is 7.85. The van der Waals surface area contributed by atoms with Gasteiger partial charge in [0, 0.05) is 10.9 Å². The molecule has 19 heavy (non-hydrogen) atoms. The van der Waals surface area contributed by atoms with E-state index < -0.39 is 10.8 Å². The minimum absolute atomic E-state index is 0.210. The second kappa shape index (κ2) is 6.53. The van der Waals surface area contributed by atoms with E-state index in [1.165, 1.54) is 6.42 Å². The van der Waals surface area contributed by atoms with Crippen molar-refractivity contribution in [2.45, 2.75) is 42.4 Å². The number of hydrogen-bond donors (Lipinski definition) is 1. The van der Waals surface area contributed by atoms with Gasteiger partial charge < -0.3 is 10.1 Å². The Labute approximate surface area is 118 Å². The zero-order chi connectivity index (χ0) is 13.8. The number of methoxy groups -OCH3 is 1. The SMILES string of the molecule is CNC1CCC(C)CC1S(=O)c1ccc(OC)cc1. The van der Waals surface area contributed by atoms with Crippen molar-refractivity contribution in [2.24, 2.45) is 5.92 Å². The quantitative estimate of drug-likeness (QED) is 0.922. The van der Waals surface area contributed by atoms with Crippen LogP contribution in [-0.4, -0.2) is 29.7 Å². The molecular formula is C15H23NO2S. The second-order valence-electron chi connectivity index (χ2n) is 5.32. The van der Waals surface area contributed by atoms with Crippen molar-refractivity contribution in [1.29, 1.82) is 0 Å². The molecule has 0 heterocycles. The van der Waals surface area contributed by atoms with Crippen molar-refractivity contribution in [1.82, 2.24) is 5.32 Å². The molecule has 1 aliphatic carbocycles. The minimum Gasteiger partial charge on any atom is -0.497 e. The van der Waals surface area contributed by atoms with E-state index in [9.17, 15) is 4.21 Å². The Morgan fingerprint density at radius 2 is 1.95 bits per heavy atom. The molecule has 1 N–H and O–H groups in total. The van der Waals surface area contributed by atoms with Crippen LogP contribution in [0, 0.1) is 5.92 Å². The predicted molar refractivity (Wildman–Crippen MR) is 79.1 cm³/mol. The summed E-state index contributed by atoms with van der Waals surface area (Å²) in [4.78, 5) is 0.903. The van der Waals surface area contributed by atoms with Crippen molar-refractivity contribution >= 4 is 10.8 Å². The van der Waals surface area contributed by atoms with Gasteiger partial charge in [-0.2, -0.15) is 0 Å². The summed E-state index contributed by atoms with van der Waals surface area (Å²) in [5.74, 6) is 1.47. The van der Waals surface area contributed by atoms with Crippen molar-refractivity contribution in [3.05, 3.63) is 24.3 Å². The molecule has 0 spiro atoms. The van der Waals surface area contributed by atoms with Crippen molar-refractivity contribution < 1.29 is 8.95 Å². The van der Waals surface area contributed by atoms with Gasteiger partial charge in [-0.15, -0.1) is 0 Å². The number of hydrogen-bond acceptors (Lipinski definition) is 3. The van der Waals surface area contributed by atoms with E-state index in [0.717, 1.165) is 23.5 Å². The van der Waals surface area contributed by atoms with E-state index >= 15 is 0 Å². The fraction of sp³-hybridized carbons (Fsp3) is 0.600. The van der Waals surface area contributed by atoms with Crippen LogP contribution in [0.15, 0.2) is 29.2 Å². The molecule has 0 aromatic heterocycles. The highest BCUT2D eigenvalue weighted by Gasteiger charge is 2.32. The van der Waals surface area contributed by atoms with Gasteiger partial charge in [0.1, 0.15) is 5.75 Å². The molecule has 0 saturated heterocycles. The first-order valence-electron chi connectivity index (χ1n) is 6.87. The van der Waals surface area contributed by atoms with Gasteiger partial charge in [-0.1, -0.05) is 6.92 Å². The lowest BCUT2D eigenvalue weighted by Crippen LogP contribution is -2.44. The van der Waals surface area contributed by atoms with E-state index in [0.29, 0.717) is 12.0 Å². The van der Waals surface area contributed by atoms with Gasteiger partial charge in [0.15, 0.2) is 0 Å². The molecule has 4 unspecified atom stereocenters. The van der Waals surface area contributed by atoms with Crippen molar-refractivity contribution in [3.63, 3.8) is 0 Å². The van der Waals surface area contributed by atoms with E-state index in [4.69, 9.17) is 4.74 Å². The molecule has 0 bridgehead atoms. The molecule has 4 atom stereocenters. The third kappa shape index (κ3) is 3.37. The third-order valence-corrected chi connectivity index (χ3v) is 5.80.